The van der Waals surface area contributed by atoms with E-state index in [1.165, 1.54) is 26.2 Å². The Kier molecular flexibility index (Phi) is 7.54. The second-order valence-electron chi connectivity index (χ2n) is 9.10. The topological polar surface area (TPSA) is 9.23 Å². The van der Waals surface area contributed by atoms with Gasteiger partial charge in [0.25, 0.3) is 0 Å². The number of halogens is 3. The molecule has 0 spiro atoms. The van der Waals surface area contributed by atoms with E-state index in [9.17, 15) is 8.78 Å². The Morgan fingerprint density at radius 2 is 1.52 bits per heavy atom. The van der Waals surface area contributed by atoms with Gasteiger partial charge >= 0.3 is 0 Å². The molecule has 33 heavy (non-hydrogen) atoms. The van der Waals surface area contributed by atoms with Crippen LogP contribution in [0.1, 0.15) is 62.5 Å². The van der Waals surface area contributed by atoms with Crippen LogP contribution in [0.5, 0.6) is 0 Å². The molecule has 0 aromatic heterocycles. The number of benzene rings is 3. The number of aryl methyl sites for hydroxylation is 1. The summed E-state index contributed by atoms with van der Waals surface area (Å²) in [4.78, 5) is 0. The van der Waals surface area contributed by atoms with E-state index in [1.54, 1.807) is 48.5 Å². The molecule has 0 aliphatic carbocycles. The van der Waals surface area contributed by atoms with Crippen LogP contribution in [-0.2, 0) is 4.74 Å². The highest BCUT2D eigenvalue weighted by molar-refractivity contribution is 5.71. The maximum absolute atomic E-state index is 15.0. The first-order valence-electron chi connectivity index (χ1n) is 11.9. The van der Waals surface area contributed by atoms with Crippen LogP contribution in [0.2, 0.25) is 0 Å². The molecule has 0 saturated carbocycles. The Morgan fingerprint density at radius 3 is 2.15 bits per heavy atom. The van der Waals surface area contributed by atoms with Gasteiger partial charge in [0, 0.05) is 17.0 Å². The Balaban J connectivity index is 1.45. The summed E-state index contributed by atoms with van der Waals surface area (Å²) in [5.41, 5.74) is 3.19. The first-order valence-corrected chi connectivity index (χ1v) is 11.9. The lowest BCUT2D eigenvalue weighted by Gasteiger charge is -2.29. The molecule has 1 aliphatic heterocycles. The molecule has 1 fully saturated rings. The molecule has 3 aromatic carbocycles. The molecule has 0 amide bonds. The van der Waals surface area contributed by atoms with Crippen molar-refractivity contribution >= 4 is 0 Å². The van der Waals surface area contributed by atoms with Gasteiger partial charge in [-0.05, 0) is 54.5 Å². The highest BCUT2D eigenvalue weighted by Gasteiger charge is 2.23. The third-order valence-corrected chi connectivity index (χ3v) is 6.75. The van der Waals surface area contributed by atoms with Crippen LogP contribution in [0.3, 0.4) is 0 Å². The zero-order valence-electron chi connectivity index (χ0n) is 19.3. The van der Waals surface area contributed by atoms with Crippen molar-refractivity contribution in [3.63, 3.8) is 0 Å². The maximum atomic E-state index is 15.0. The Labute approximate surface area is 194 Å². The highest BCUT2D eigenvalue weighted by Crippen LogP contribution is 2.34. The van der Waals surface area contributed by atoms with Crippen LogP contribution in [0.4, 0.5) is 13.2 Å². The molecule has 1 nitrogen and oxygen atoms in total. The van der Waals surface area contributed by atoms with Crippen molar-refractivity contribution < 1.29 is 17.9 Å². The molecule has 1 saturated heterocycles. The Hall–Kier alpha value is -2.59. The zero-order valence-corrected chi connectivity index (χ0v) is 19.3. The predicted molar refractivity (Wildman–Crippen MR) is 128 cm³/mol. The molecule has 0 bridgehead atoms. The van der Waals surface area contributed by atoms with E-state index in [2.05, 4.69) is 6.92 Å². The van der Waals surface area contributed by atoms with E-state index in [0.29, 0.717) is 29.4 Å². The van der Waals surface area contributed by atoms with E-state index >= 15 is 4.39 Å². The highest BCUT2D eigenvalue weighted by atomic mass is 19.2. The van der Waals surface area contributed by atoms with Crippen molar-refractivity contribution in [2.24, 2.45) is 0 Å². The van der Waals surface area contributed by atoms with Crippen molar-refractivity contribution in [3.05, 3.63) is 83.2 Å². The van der Waals surface area contributed by atoms with Gasteiger partial charge < -0.3 is 4.74 Å². The molecule has 1 aliphatic rings. The van der Waals surface area contributed by atoms with Crippen LogP contribution in [-0.4, -0.2) is 12.7 Å². The molecule has 0 N–H and O–H groups in total. The van der Waals surface area contributed by atoms with Crippen molar-refractivity contribution in [1.29, 1.82) is 0 Å². The molecule has 2 unspecified atom stereocenters. The van der Waals surface area contributed by atoms with Crippen LogP contribution in [0.15, 0.2) is 54.6 Å². The number of hydrogen-bond donors (Lipinski definition) is 0. The second kappa shape index (κ2) is 10.6. The Bertz CT molecular complexity index is 1080. The minimum absolute atomic E-state index is 0.200. The molecule has 174 valence electrons. The fourth-order valence-corrected chi connectivity index (χ4v) is 4.64. The summed E-state index contributed by atoms with van der Waals surface area (Å²) >= 11 is 0. The SMILES string of the molecule is CCCCCC1CCC(c2ccc(-c3ccc(-c4ccc(C)c(F)c4F)cc3)c(F)c2)CO1. The smallest absolute Gasteiger partial charge is 0.166 e. The van der Waals surface area contributed by atoms with Crippen LogP contribution >= 0.6 is 0 Å². The minimum atomic E-state index is -0.861. The molecule has 0 radical (unpaired) electrons. The summed E-state index contributed by atoms with van der Waals surface area (Å²) < 4.78 is 49.3. The van der Waals surface area contributed by atoms with E-state index in [1.807, 2.05) is 6.07 Å². The van der Waals surface area contributed by atoms with Crippen molar-refractivity contribution in [2.75, 3.05) is 6.61 Å². The van der Waals surface area contributed by atoms with Gasteiger partial charge in [-0.2, -0.15) is 0 Å². The first kappa shape index (κ1) is 23.6. The summed E-state index contributed by atoms with van der Waals surface area (Å²) in [5.74, 6) is -1.76. The van der Waals surface area contributed by atoms with E-state index in [-0.39, 0.29) is 22.9 Å². The number of hydrogen-bond acceptors (Lipinski definition) is 1. The third-order valence-electron chi connectivity index (χ3n) is 6.75. The lowest BCUT2D eigenvalue weighted by molar-refractivity contribution is -0.00211. The van der Waals surface area contributed by atoms with Gasteiger partial charge in [-0.25, -0.2) is 13.2 Å². The molecular formula is C29H31F3O. The largest absolute Gasteiger partial charge is 0.378 e. The van der Waals surface area contributed by atoms with Crippen molar-refractivity contribution in [1.82, 2.24) is 0 Å². The van der Waals surface area contributed by atoms with Gasteiger partial charge in [0.15, 0.2) is 11.6 Å². The fraction of sp³-hybridized carbons (Fsp3) is 0.379. The van der Waals surface area contributed by atoms with Crippen LogP contribution in [0.25, 0.3) is 22.3 Å². The lowest BCUT2D eigenvalue weighted by Crippen LogP contribution is -2.24. The van der Waals surface area contributed by atoms with E-state index in [0.717, 1.165) is 24.8 Å². The summed E-state index contributed by atoms with van der Waals surface area (Å²) in [7, 11) is 0. The average Bonchev–Trinajstić information content (AvgIpc) is 2.83. The predicted octanol–water partition coefficient (Wildman–Crippen LogP) is 8.59. The maximum Gasteiger partial charge on any atom is 0.166 e. The normalized spacial score (nSPS) is 18.5. The second-order valence-corrected chi connectivity index (χ2v) is 9.10. The van der Waals surface area contributed by atoms with Crippen LogP contribution < -0.4 is 0 Å². The van der Waals surface area contributed by atoms with Gasteiger partial charge in [0.1, 0.15) is 5.82 Å². The average molecular weight is 453 g/mol. The first-order chi connectivity index (χ1) is 16.0. The lowest BCUT2D eigenvalue weighted by atomic mass is 9.89. The van der Waals surface area contributed by atoms with Crippen LogP contribution in [0, 0.1) is 24.4 Å². The quantitative estimate of drug-likeness (QED) is 0.326. The monoisotopic (exact) mass is 452 g/mol. The van der Waals surface area contributed by atoms with Crippen molar-refractivity contribution in [2.45, 2.75) is 64.4 Å². The molecule has 1 heterocycles. The molecule has 3 aromatic rings. The number of ether oxygens (including phenoxy) is 1. The van der Waals surface area contributed by atoms with Gasteiger partial charge in [-0.1, -0.05) is 74.7 Å². The minimum Gasteiger partial charge on any atom is -0.378 e. The molecule has 2 atom stereocenters. The number of rotatable bonds is 7. The summed E-state index contributed by atoms with van der Waals surface area (Å²) in [6, 6.07) is 15.4. The summed E-state index contributed by atoms with van der Waals surface area (Å²) in [6.45, 7) is 4.38. The molecular weight excluding hydrogens is 421 g/mol. The zero-order chi connectivity index (χ0) is 23.4. The van der Waals surface area contributed by atoms with Crippen molar-refractivity contribution in [3.8, 4) is 22.3 Å². The van der Waals surface area contributed by atoms with Gasteiger partial charge in [0.05, 0.1) is 12.7 Å². The van der Waals surface area contributed by atoms with Gasteiger partial charge in [-0.3, -0.25) is 0 Å². The van der Waals surface area contributed by atoms with E-state index in [4.69, 9.17) is 4.74 Å². The van der Waals surface area contributed by atoms with Gasteiger partial charge in [-0.15, -0.1) is 0 Å². The van der Waals surface area contributed by atoms with E-state index < -0.39 is 11.6 Å². The summed E-state index contributed by atoms with van der Waals surface area (Å²) in [6.07, 6.45) is 7.15. The van der Waals surface area contributed by atoms with Gasteiger partial charge in [0.2, 0.25) is 0 Å². The fourth-order valence-electron chi connectivity index (χ4n) is 4.64. The summed E-state index contributed by atoms with van der Waals surface area (Å²) in [5, 5.41) is 0. The molecule has 4 rings (SSSR count). The number of unbranched alkanes of at least 4 members (excludes halogenated alkanes) is 2. The Morgan fingerprint density at radius 1 is 0.818 bits per heavy atom. The third kappa shape index (κ3) is 5.33. The molecule has 4 heteroatoms. The standard InChI is InChI=1S/C29H31F3O/c1-3-4-5-6-24-14-12-23(18-33-24)22-13-16-25(27(30)17-22)20-8-10-21(11-9-20)26-15-7-19(2)28(31)29(26)32/h7-11,13,15-17,23-24H,3-6,12,14,18H2,1-2H3.